The molecule has 128 valence electrons. The number of primary amides is 1. The summed E-state index contributed by atoms with van der Waals surface area (Å²) in [5, 5.41) is 10.2. The molecule has 1 aromatic heterocycles. The third kappa shape index (κ3) is 3.27. The number of thiophene rings is 1. The highest BCUT2D eigenvalue weighted by Gasteiger charge is 2.21. The van der Waals surface area contributed by atoms with Gasteiger partial charge in [0.1, 0.15) is 23.0 Å². The lowest BCUT2D eigenvalue weighted by Crippen LogP contribution is -2.10. The number of aromatic carboxylic acids is 1. The van der Waals surface area contributed by atoms with Gasteiger partial charge in [0.05, 0.1) is 7.11 Å². The number of fused-ring (bicyclic) bond motifs is 1. The number of nitrogens with two attached hydrogens (primary N) is 1. The van der Waals surface area contributed by atoms with Crippen LogP contribution in [-0.2, 0) is 6.61 Å². The van der Waals surface area contributed by atoms with Crippen LogP contribution in [0.15, 0.2) is 42.5 Å². The van der Waals surface area contributed by atoms with Crippen molar-refractivity contribution >= 4 is 33.3 Å². The highest BCUT2D eigenvalue weighted by atomic mass is 32.1. The van der Waals surface area contributed by atoms with Gasteiger partial charge in [0.25, 0.3) is 0 Å². The van der Waals surface area contributed by atoms with E-state index >= 15 is 0 Å². The van der Waals surface area contributed by atoms with Crippen molar-refractivity contribution in [3.8, 4) is 11.5 Å². The molecule has 0 bridgehead atoms. The molecule has 7 heteroatoms. The van der Waals surface area contributed by atoms with E-state index in [0.717, 1.165) is 10.1 Å². The Morgan fingerprint density at radius 2 is 1.88 bits per heavy atom. The van der Waals surface area contributed by atoms with Gasteiger partial charge in [0.2, 0.25) is 5.91 Å². The maximum absolute atomic E-state index is 11.6. The SMILES string of the molecule is COc1cccc2sc(C(=O)O)c(COc3ccc(C(N)=O)cc3)c12. The number of carboxylic acid groups (broad SMARTS) is 1. The Kier molecular flexibility index (Phi) is 4.58. The Balaban J connectivity index is 1.95. The molecule has 0 fully saturated rings. The zero-order chi connectivity index (χ0) is 18.0. The quantitative estimate of drug-likeness (QED) is 0.705. The molecule has 3 rings (SSSR count). The zero-order valence-corrected chi connectivity index (χ0v) is 14.1. The molecular formula is C18H15NO5S. The molecule has 0 saturated heterocycles. The molecule has 0 unspecified atom stereocenters. The van der Waals surface area contributed by atoms with E-state index in [4.69, 9.17) is 15.2 Å². The van der Waals surface area contributed by atoms with Crippen molar-refractivity contribution < 1.29 is 24.2 Å². The Labute approximate surface area is 147 Å². The minimum atomic E-state index is -1.01. The van der Waals surface area contributed by atoms with E-state index < -0.39 is 11.9 Å². The second-order valence-electron chi connectivity index (χ2n) is 5.23. The van der Waals surface area contributed by atoms with Gasteiger partial charge in [0, 0.05) is 21.2 Å². The number of carboxylic acids is 1. The fourth-order valence-electron chi connectivity index (χ4n) is 2.53. The number of carbonyl (C=O) groups excluding carboxylic acids is 1. The molecule has 0 aliphatic rings. The van der Waals surface area contributed by atoms with E-state index in [-0.39, 0.29) is 11.5 Å². The molecular weight excluding hydrogens is 342 g/mol. The minimum absolute atomic E-state index is 0.0674. The van der Waals surface area contributed by atoms with Gasteiger partial charge in [-0.05, 0) is 36.4 Å². The highest BCUT2D eigenvalue weighted by Crippen LogP contribution is 2.38. The maximum Gasteiger partial charge on any atom is 0.346 e. The van der Waals surface area contributed by atoms with Gasteiger partial charge in [-0.25, -0.2) is 4.79 Å². The van der Waals surface area contributed by atoms with E-state index in [0.29, 0.717) is 22.6 Å². The lowest BCUT2D eigenvalue weighted by Gasteiger charge is -2.09. The first-order valence-corrected chi connectivity index (χ1v) is 8.17. The van der Waals surface area contributed by atoms with E-state index in [1.54, 1.807) is 37.4 Å². The fraction of sp³-hybridized carbons (Fsp3) is 0.111. The number of rotatable bonds is 6. The van der Waals surface area contributed by atoms with E-state index in [2.05, 4.69) is 0 Å². The van der Waals surface area contributed by atoms with Crippen LogP contribution in [0.4, 0.5) is 0 Å². The minimum Gasteiger partial charge on any atom is -0.496 e. The molecule has 0 atom stereocenters. The summed E-state index contributed by atoms with van der Waals surface area (Å²) in [4.78, 5) is 22.9. The number of amides is 1. The molecule has 6 nitrogen and oxygen atoms in total. The predicted molar refractivity (Wildman–Crippen MR) is 94.6 cm³/mol. The van der Waals surface area contributed by atoms with Gasteiger partial charge in [-0.2, -0.15) is 0 Å². The van der Waals surface area contributed by atoms with Crippen LogP contribution in [0.2, 0.25) is 0 Å². The van der Waals surface area contributed by atoms with Crippen molar-refractivity contribution in [1.29, 1.82) is 0 Å². The molecule has 0 aliphatic carbocycles. The number of hydrogen-bond acceptors (Lipinski definition) is 5. The van der Waals surface area contributed by atoms with Crippen molar-refractivity contribution in [2.24, 2.45) is 5.73 Å². The largest absolute Gasteiger partial charge is 0.496 e. The first-order chi connectivity index (χ1) is 12.0. The Morgan fingerprint density at radius 3 is 2.48 bits per heavy atom. The molecule has 2 aromatic carbocycles. The summed E-state index contributed by atoms with van der Waals surface area (Å²) < 4.78 is 11.9. The average Bonchev–Trinajstić information content (AvgIpc) is 2.99. The number of carbonyl (C=O) groups is 2. The van der Waals surface area contributed by atoms with Crippen molar-refractivity contribution in [2.45, 2.75) is 6.61 Å². The van der Waals surface area contributed by atoms with Crippen LogP contribution < -0.4 is 15.2 Å². The van der Waals surface area contributed by atoms with Crippen molar-refractivity contribution in [3.05, 3.63) is 58.5 Å². The molecule has 0 radical (unpaired) electrons. The third-order valence-electron chi connectivity index (χ3n) is 3.71. The van der Waals surface area contributed by atoms with Crippen LogP contribution in [0.1, 0.15) is 25.6 Å². The van der Waals surface area contributed by atoms with E-state index in [1.165, 1.54) is 11.3 Å². The number of methoxy groups -OCH3 is 1. The third-order valence-corrected chi connectivity index (χ3v) is 4.90. The summed E-state index contributed by atoms with van der Waals surface area (Å²) in [5.74, 6) is -0.418. The van der Waals surface area contributed by atoms with Gasteiger partial charge in [-0.1, -0.05) is 6.07 Å². The lowest BCUT2D eigenvalue weighted by atomic mass is 10.1. The fourth-order valence-corrected chi connectivity index (χ4v) is 3.59. The maximum atomic E-state index is 11.6. The van der Waals surface area contributed by atoms with E-state index in [1.807, 2.05) is 12.1 Å². The van der Waals surface area contributed by atoms with E-state index in [9.17, 15) is 14.7 Å². The lowest BCUT2D eigenvalue weighted by molar-refractivity contribution is 0.0699. The van der Waals surface area contributed by atoms with Gasteiger partial charge >= 0.3 is 5.97 Å². The molecule has 3 N–H and O–H groups in total. The molecule has 0 spiro atoms. The smallest absolute Gasteiger partial charge is 0.346 e. The molecule has 3 aromatic rings. The number of hydrogen-bond donors (Lipinski definition) is 2. The molecule has 25 heavy (non-hydrogen) atoms. The van der Waals surface area contributed by atoms with Crippen LogP contribution in [0.25, 0.3) is 10.1 Å². The topological polar surface area (TPSA) is 98.8 Å². The first kappa shape index (κ1) is 16.8. The highest BCUT2D eigenvalue weighted by molar-refractivity contribution is 7.21. The summed E-state index contributed by atoms with van der Waals surface area (Å²) in [6.07, 6.45) is 0. The summed E-state index contributed by atoms with van der Waals surface area (Å²) in [7, 11) is 1.54. The average molecular weight is 357 g/mol. The van der Waals surface area contributed by atoms with Crippen LogP contribution in [0.5, 0.6) is 11.5 Å². The summed E-state index contributed by atoms with van der Waals surface area (Å²) in [6, 6.07) is 11.8. The summed E-state index contributed by atoms with van der Waals surface area (Å²) in [5.41, 5.74) is 6.14. The zero-order valence-electron chi connectivity index (χ0n) is 13.3. The summed E-state index contributed by atoms with van der Waals surface area (Å²) >= 11 is 1.18. The van der Waals surface area contributed by atoms with Gasteiger partial charge in [-0.3, -0.25) is 4.79 Å². The normalized spacial score (nSPS) is 10.6. The van der Waals surface area contributed by atoms with Crippen LogP contribution in [-0.4, -0.2) is 24.1 Å². The van der Waals surface area contributed by atoms with Gasteiger partial charge in [0.15, 0.2) is 0 Å². The standard InChI is InChI=1S/C18H15NO5S/c1-23-13-3-2-4-14-15(13)12(16(25-14)18(21)22)9-24-11-7-5-10(6-8-11)17(19)20/h2-8H,9H2,1H3,(H2,19,20)(H,21,22). The Morgan fingerprint density at radius 1 is 1.16 bits per heavy atom. The van der Waals surface area contributed by atoms with Crippen LogP contribution in [0.3, 0.4) is 0 Å². The monoisotopic (exact) mass is 357 g/mol. The number of ether oxygens (including phenoxy) is 2. The number of benzene rings is 2. The predicted octanol–water partition coefficient (Wildman–Crippen LogP) is 3.29. The van der Waals surface area contributed by atoms with Gasteiger partial charge in [-0.15, -0.1) is 11.3 Å². The van der Waals surface area contributed by atoms with Crippen molar-refractivity contribution in [3.63, 3.8) is 0 Å². The molecule has 0 aliphatic heterocycles. The Bertz CT molecular complexity index is 946. The van der Waals surface area contributed by atoms with Crippen LogP contribution in [0, 0.1) is 0 Å². The molecule has 1 amide bonds. The molecule has 1 heterocycles. The van der Waals surface area contributed by atoms with Gasteiger partial charge < -0.3 is 20.3 Å². The van der Waals surface area contributed by atoms with Crippen molar-refractivity contribution in [2.75, 3.05) is 7.11 Å². The first-order valence-electron chi connectivity index (χ1n) is 7.35. The second kappa shape index (κ2) is 6.82. The Hall–Kier alpha value is -3.06. The molecule has 0 saturated carbocycles. The summed E-state index contributed by atoms with van der Waals surface area (Å²) in [6.45, 7) is 0.0674. The van der Waals surface area contributed by atoms with Crippen molar-refractivity contribution in [1.82, 2.24) is 0 Å². The van der Waals surface area contributed by atoms with Crippen LogP contribution >= 0.6 is 11.3 Å². The second-order valence-corrected chi connectivity index (χ2v) is 6.28.